The molecule has 0 aliphatic heterocycles. The maximum atomic E-state index is 12.7. The predicted octanol–water partition coefficient (Wildman–Crippen LogP) is 5.29. The number of ether oxygens (including phenoxy) is 1. The third-order valence-corrected chi connectivity index (χ3v) is 7.09. The second-order valence-electron chi connectivity index (χ2n) is 9.35. The molecular weight excluding hydrogens is 557 g/mol. The largest absolute Gasteiger partial charge is 0.573 e. The molecule has 0 fully saturated rings. The number of benzene rings is 2. The summed E-state index contributed by atoms with van der Waals surface area (Å²) in [5.74, 6) is -0.818. The Morgan fingerprint density at radius 1 is 1.00 bits per heavy atom. The SMILES string of the molecule is CC[C@H](NC(=O)c1cn(CCCCc2nnc(CC(=O)Cc3cccc(OC(F)(F)F)c3)s2)nn1)c1ccccc1. The van der Waals surface area contributed by atoms with Crippen molar-refractivity contribution in [1.82, 2.24) is 30.5 Å². The molecule has 0 spiro atoms. The highest BCUT2D eigenvalue weighted by Crippen LogP contribution is 2.24. The van der Waals surface area contributed by atoms with Crippen LogP contribution in [0.5, 0.6) is 5.75 Å². The maximum absolute atomic E-state index is 12.7. The van der Waals surface area contributed by atoms with E-state index in [0.717, 1.165) is 29.8 Å². The second kappa shape index (κ2) is 14.0. The Balaban J connectivity index is 1.18. The van der Waals surface area contributed by atoms with Crippen molar-refractivity contribution in [3.8, 4) is 5.75 Å². The molecule has 0 bridgehead atoms. The summed E-state index contributed by atoms with van der Waals surface area (Å²) in [5, 5.41) is 20.6. The molecule has 4 rings (SSSR count). The number of carbonyl (C=O) groups is 2. The first kappa shape index (κ1) is 29.8. The number of ketones is 1. The van der Waals surface area contributed by atoms with Crippen LogP contribution < -0.4 is 10.1 Å². The van der Waals surface area contributed by atoms with Crippen molar-refractivity contribution in [3.63, 3.8) is 0 Å². The van der Waals surface area contributed by atoms with E-state index < -0.39 is 6.36 Å². The third-order valence-electron chi connectivity index (χ3n) is 6.11. The Bertz CT molecular complexity index is 1440. The highest BCUT2D eigenvalue weighted by Gasteiger charge is 2.31. The Morgan fingerprint density at radius 3 is 2.54 bits per heavy atom. The predicted molar refractivity (Wildman–Crippen MR) is 145 cm³/mol. The molecule has 1 amide bonds. The number of amides is 1. The Morgan fingerprint density at radius 2 is 1.78 bits per heavy atom. The van der Waals surface area contributed by atoms with Crippen LogP contribution >= 0.6 is 11.3 Å². The Kier molecular flexibility index (Phi) is 10.2. The van der Waals surface area contributed by atoms with Gasteiger partial charge in [-0.1, -0.05) is 54.6 Å². The van der Waals surface area contributed by atoms with Crippen LogP contribution in [0.15, 0.2) is 60.8 Å². The van der Waals surface area contributed by atoms with Gasteiger partial charge in [0.05, 0.1) is 18.7 Å². The number of Topliss-reactive ketones (excluding diaryl/α,β-unsaturated/α-hetero) is 1. The van der Waals surface area contributed by atoms with Crippen molar-refractivity contribution < 1.29 is 27.5 Å². The monoisotopic (exact) mass is 586 g/mol. The minimum atomic E-state index is -4.79. The summed E-state index contributed by atoms with van der Waals surface area (Å²) in [6.07, 6.45) is -0.158. The summed E-state index contributed by atoms with van der Waals surface area (Å²) in [6.45, 7) is 2.59. The van der Waals surface area contributed by atoms with Gasteiger partial charge in [-0.2, -0.15) is 0 Å². The van der Waals surface area contributed by atoms with Crippen LogP contribution in [-0.2, 0) is 30.6 Å². The van der Waals surface area contributed by atoms with Crippen LogP contribution in [0.2, 0.25) is 0 Å². The van der Waals surface area contributed by atoms with Gasteiger partial charge in [-0.05, 0) is 42.5 Å². The molecule has 2 heterocycles. The fourth-order valence-electron chi connectivity index (χ4n) is 4.17. The average Bonchev–Trinajstić information content (AvgIpc) is 3.59. The van der Waals surface area contributed by atoms with E-state index >= 15 is 0 Å². The molecule has 1 N–H and O–H groups in total. The van der Waals surface area contributed by atoms with Gasteiger partial charge < -0.3 is 10.1 Å². The molecule has 0 saturated carbocycles. The molecule has 13 heteroatoms. The number of halogens is 3. The number of nitrogens with one attached hydrogen (secondary N) is 1. The molecule has 0 aliphatic carbocycles. The smallest absolute Gasteiger partial charge is 0.406 e. The molecule has 0 aliphatic rings. The van der Waals surface area contributed by atoms with Crippen LogP contribution in [0.3, 0.4) is 0 Å². The fourth-order valence-corrected chi connectivity index (χ4v) is 5.09. The molecule has 0 saturated heterocycles. The molecule has 216 valence electrons. The highest BCUT2D eigenvalue weighted by atomic mass is 32.1. The first-order valence-corrected chi connectivity index (χ1v) is 13.9. The lowest BCUT2D eigenvalue weighted by Gasteiger charge is -2.16. The number of carbonyl (C=O) groups excluding carboxylic acids is 2. The minimum absolute atomic E-state index is 0.0345. The first-order chi connectivity index (χ1) is 19.7. The van der Waals surface area contributed by atoms with E-state index in [1.165, 1.54) is 29.5 Å². The number of aromatic nitrogens is 5. The second-order valence-corrected chi connectivity index (χ2v) is 10.5. The number of aryl methyl sites for hydroxylation is 2. The van der Waals surface area contributed by atoms with E-state index in [9.17, 15) is 22.8 Å². The van der Waals surface area contributed by atoms with E-state index in [2.05, 4.69) is 30.6 Å². The Hall–Kier alpha value is -4.13. The van der Waals surface area contributed by atoms with E-state index in [1.54, 1.807) is 16.9 Å². The van der Waals surface area contributed by atoms with Crippen molar-refractivity contribution >= 4 is 23.0 Å². The molecule has 9 nitrogen and oxygen atoms in total. The third kappa shape index (κ3) is 9.48. The number of nitrogens with zero attached hydrogens (tertiary/aromatic N) is 5. The van der Waals surface area contributed by atoms with Gasteiger partial charge in [0.25, 0.3) is 5.91 Å². The molecule has 0 radical (unpaired) electrons. The number of hydrogen-bond donors (Lipinski definition) is 1. The zero-order valence-electron chi connectivity index (χ0n) is 22.3. The summed E-state index contributed by atoms with van der Waals surface area (Å²) in [7, 11) is 0. The van der Waals surface area contributed by atoms with Crippen molar-refractivity contribution in [2.45, 2.75) is 64.4 Å². The van der Waals surface area contributed by atoms with Crippen LogP contribution in [-0.4, -0.2) is 43.2 Å². The van der Waals surface area contributed by atoms with Gasteiger partial charge in [0, 0.05) is 19.4 Å². The first-order valence-electron chi connectivity index (χ1n) is 13.1. The average molecular weight is 587 g/mol. The van der Waals surface area contributed by atoms with E-state index in [1.807, 2.05) is 37.3 Å². The van der Waals surface area contributed by atoms with Crippen LogP contribution in [0.25, 0.3) is 0 Å². The summed E-state index contributed by atoms with van der Waals surface area (Å²) in [6, 6.07) is 15.0. The van der Waals surface area contributed by atoms with Gasteiger partial charge in [0.2, 0.25) is 0 Å². The number of alkyl halides is 3. The summed E-state index contributed by atoms with van der Waals surface area (Å²) in [4.78, 5) is 25.1. The van der Waals surface area contributed by atoms with Gasteiger partial charge in [-0.3, -0.25) is 14.3 Å². The van der Waals surface area contributed by atoms with E-state index in [-0.39, 0.29) is 42.0 Å². The fraction of sp³-hybridized carbons (Fsp3) is 0.357. The number of rotatable bonds is 14. The van der Waals surface area contributed by atoms with E-state index in [4.69, 9.17) is 0 Å². The number of unbranched alkanes of at least 4 members (excludes halogenated alkanes) is 1. The lowest BCUT2D eigenvalue weighted by molar-refractivity contribution is -0.274. The summed E-state index contributed by atoms with van der Waals surface area (Å²) in [5.41, 5.74) is 1.72. The molecule has 4 aromatic rings. The van der Waals surface area contributed by atoms with E-state index in [0.29, 0.717) is 23.5 Å². The minimum Gasteiger partial charge on any atom is -0.406 e. The molecule has 2 aromatic heterocycles. The van der Waals surface area contributed by atoms with Crippen LogP contribution in [0.1, 0.15) is 63.9 Å². The summed E-state index contributed by atoms with van der Waals surface area (Å²) >= 11 is 1.34. The Labute approximate surface area is 238 Å². The molecular formula is C28H29F3N6O3S. The highest BCUT2D eigenvalue weighted by molar-refractivity contribution is 7.11. The number of hydrogen-bond acceptors (Lipinski definition) is 8. The van der Waals surface area contributed by atoms with Crippen LogP contribution in [0.4, 0.5) is 13.2 Å². The topological polar surface area (TPSA) is 112 Å². The zero-order valence-corrected chi connectivity index (χ0v) is 23.1. The van der Waals surface area contributed by atoms with Gasteiger partial charge in [-0.25, -0.2) is 0 Å². The molecule has 1 atom stereocenters. The van der Waals surface area contributed by atoms with Crippen molar-refractivity contribution in [2.75, 3.05) is 0 Å². The van der Waals surface area contributed by atoms with Gasteiger partial charge in [-0.15, -0.1) is 39.8 Å². The van der Waals surface area contributed by atoms with Crippen LogP contribution in [0, 0.1) is 0 Å². The molecule has 41 heavy (non-hydrogen) atoms. The molecule has 0 unspecified atom stereocenters. The summed E-state index contributed by atoms with van der Waals surface area (Å²) < 4.78 is 42.8. The van der Waals surface area contributed by atoms with Crippen molar-refractivity contribution in [2.24, 2.45) is 0 Å². The quantitative estimate of drug-likeness (QED) is 0.200. The van der Waals surface area contributed by atoms with Crippen molar-refractivity contribution in [3.05, 3.63) is 87.6 Å². The molecule has 2 aromatic carbocycles. The lowest BCUT2D eigenvalue weighted by Crippen LogP contribution is -2.28. The zero-order chi connectivity index (χ0) is 29.2. The van der Waals surface area contributed by atoms with Gasteiger partial charge in [0.1, 0.15) is 21.5 Å². The normalized spacial score (nSPS) is 12.2. The maximum Gasteiger partial charge on any atom is 0.573 e. The van der Waals surface area contributed by atoms with Gasteiger partial charge >= 0.3 is 6.36 Å². The standard InChI is InChI=1S/C28H29F3N6O3S/c1-2-23(20-10-4-3-5-11-20)32-27(39)24-18-37(36-33-24)14-7-6-13-25-34-35-26(41-25)17-21(38)15-19-9-8-12-22(16-19)40-28(29,30)31/h3-5,8-12,16,18,23H,2,6-7,13-15,17H2,1H3,(H,32,39)/t23-/m0/s1. The van der Waals surface area contributed by atoms with Gasteiger partial charge in [0.15, 0.2) is 5.69 Å². The lowest BCUT2D eigenvalue weighted by atomic mass is 10.0. The van der Waals surface area contributed by atoms with Crippen molar-refractivity contribution in [1.29, 1.82) is 0 Å².